The summed E-state index contributed by atoms with van der Waals surface area (Å²) in [6, 6.07) is 21.4. The maximum absolute atomic E-state index is 12.1. The molecule has 320 valence electrons. The molecule has 62 heavy (non-hydrogen) atoms. The summed E-state index contributed by atoms with van der Waals surface area (Å²) in [5.41, 5.74) is 13.3. The maximum Gasteiger partial charge on any atom is 0.267 e. The van der Waals surface area contributed by atoms with Crippen molar-refractivity contribution < 1.29 is 29.4 Å². The lowest BCUT2D eigenvalue weighted by molar-refractivity contribution is -0.138. The Bertz CT molecular complexity index is 2560. The molecular weight excluding hydrogens is 808 g/mol. The Labute approximate surface area is 367 Å². The van der Waals surface area contributed by atoms with Gasteiger partial charge in [0.15, 0.2) is 0 Å². The molecule has 2 fully saturated rings. The number of nitriles is 2. The van der Waals surface area contributed by atoms with Gasteiger partial charge in [-0.05, 0) is 60.4 Å². The maximum atomic E-state index is 12.1. The number of benzene rings is 2. The number of hydrogen-bond acceptors (Lipinski definition) is 10. The summed E-state index contributed by atoms with van der Waals surface area (Å²) in [7, 11) is 3.23. The number of amides is 4. The second-order valence-electron chi connectivity index (χ2n) is 14.4. The predicted octanol–water partition coefficient (Wildman–Crippen LogP) is 4.79. The Balaban J connectivity index is 0.000000277. The van der Waals surface area contributed by atoms with E-state index in [9.17, 15) is 34.7 Å². The van der Waals surface area contributed by atoms with Gasteiger partial charge in [0.05, 0.1) is 27.5 Å². The van der Waals surface area contributed by atoms with Gasteiger partial charge in [0.2, 0.25) is 11.2 Å². The lowest BCUT2D eigenvalue weighted by atomic mass is 9.99. The topological polar surface area (TPSA) is 241 Å². The van der Waals surface area contributed by atoms with Crippen LogP contribution in [-0.2, 0) is 22.4 Å². The number of likely N-dealkylation sites (N-methyl/N-ethyl adjacent to an activating group) is 2. The van der Waals surface area contributed by atoms with E-state index in [1.165, 1.54) is 9.80 Å². The number of nitrogens with zero attached hydrogens (tertiary/aromatic N) is 6. The molecule has 2 aromatic carbocycles. The van der Waals surface area contributed by atoms with Crippen LogP contribution in [0.25, 0.3) is 22.5 Å². The minimum Gasteiger partial charge on any atom is -0.369 e. The van der Waals surface area contributed by atoms with Crippen molar-refractivity contribution in [3.8, 4) is 58.8 Å². The van der Waals surface area contributed by atoms with Gasteiger partial charge in [0.25, 0.3) is 23.6 Å². The number of aliphatic hydroxyl groups is 2. The van der Waals surface area contributed by atoms with Gasteiger partial charge in [-0.25, -0.2) is 9.97 Å². The van der Waals surface area contributed by atoms with E-state index in [2.05, 4.69) is 33.8 Å². The fourth-order valence-electron chi connectivity index (χ4n) is 6.46. The molecule has 6 rings (SSSR count). The molecule has 2 aliphatic heterocycles. The van der Waals surface area contributed by atoms with Gasteiger partial charge in [-0.3, -0.25) is 19.2 Å². The summed E-state index contributed by atoms with van der Waals surface area (Å²) in [6.45, 7) is 4.99. The van der Waals surface area contributed by atoms with Gasteiger partial charge in [0.1, 0.15) is 23.5 Å². The third-order valence-electron chi connectivity index (χ3n) is 9.95. The summed E-state index contributed by atoms with van der Waals surface area (Å²) in [5.74, 6) is 5.55. The van der Waals surface area contributed by atoms with E-state index >= 15 is 0 Å². The second kappa shape index (κ2) is 21.4. The Hall–Kier alpha value is -7.07. The molecule has 6 N–H and O–H groups in total. The Morgan fingerprint density at radius 3 is 1.58 bits per heavy atom. The van der Waals surface area contributed by atoms with Crippen LogP contribution in [0.4, 0.5) is 0 Å². The quantitative estimate of drug-likeness (QED) is 0.177. The first-order valence-corrected chi connectivity index (χ1v) is 19.6. The SMILES string of the molecule is C.C#C[C@]1(O)CCN(C)C1=O.CCCc1ccc(-c2ccc(C#N)c(C#C[C@]3(O)CCN(C)C3=O)c2)nc1C(N)=O.CCCc1ccc(-c2ccc(C#N)c(Cl)c2)nc1C(N)=O. The molecular formula is C47H49ClN8O6. The van der Waals surface area contributed by atoms with Gasteiger partial charge in [-0.15, -0.1) is 6.42 Å². The average Bonchev–Trinajstić information content (AvgIpc) is 3.67. The summed E-state index contributed by atoms with van der Waals surface area (Å²) >= 11 is 6.02. The first kappa shape index (κ1) is 49.3. The van der Waals surface area contributed by atoms with E-state index in [0.29, 0.717) is 64.6 Å². The Morgan fingerprint density at radius 1 is 0.758 bits per heavy atom. The van der Waals surface area contributed by atoms with Crippen LogP contribution in [0.2, 0.25) is 5.02 Å². The van der Waals surface area contributed by atoms with Crippen LogP contribution in [0.3, 0.4) is 0 Å². The second-order valence-corrected chi connectivity index (χ2v) is 14.8. The highest BCUT2D eigenvalue weighted by molar-refractivity contribution is 6.32. The highest BCUT2D eigenvalue weighted by atomic mass is 35.5. The molecule has 2 atom stereocenters. The molecule has 4 heterocycles. The number of carbonyl (C=O) groups is 4. The number of terminal acetylenes is 1. The molecule has 0 spiro atoms. The van der Waals surface area contributed by atoms with Crippen molar-refractivity contribution >= 4 is 35.2 Å². The first-order chi connectivity index (χ1) is 28.9. The van der Waals surface area contributed by atoms with Crippen LogP contribution in [0.1, 0.15) is 95.8 Å². The van der Waals surface area contributed by atoms with Gasteiger partial charge in [-0.1, -0.05) is 87.7 Å². The van der Waals surface area contributed by atoms with Crippen molar-refractivity contribution in [2.45, 2.75) is 71.0 Å². The molecule has 14 nitrogen and oxygen atoms in total. The molecule has 0 aliphatic carbocycles. The summed E-state index contributed by atoms with van der Waals surface area (Å²) in [6.07, 6.45) is 8.73. The minimum atomic E-state index is -1.75. The Morgan fingerprint density at radius 2 is 1.21 bits per heavy atom. The lowest BCUT2D eigenvalue weighted by Gasteiger charge is -2.13. The number of aromatic nitrogens is 2. The lowest BCUT2D eigenvalue weighted by Crippen LogP contribution is -2.37. The predicted molar refractivity (Wildman–Crippen MR) is 236 cm³/mol. The molecule has 4 aromatic rings. The minimum absolute atomic E-state index is 0. The van der Waals surface area contributed by atoms with E-state index in [1.807, 2.05) is 38.1 Å². The summed E-state index contributed by atoms with van der Waals surface area (Å²) < 4.78 is 0. The molecule has 0 radical (unpaired) electrons. The molecule has 0 bridgehead atoms. The number of aryl methyl sites for hydroxylation is 2. The number of hydrogen-bond donors (Lipinski definition) is 4. The fraction of sp³-hybridized carbons (Fsp3) is 0.319. The highest BCUT2D eigenvalue weighted by Crippen LogP contribution is 2.27. The van der Waals surface area contributed by atoms with Crippen LogP contribution >= 0.6 is 11.6 Å². The smallest absolute Gasteiger partial charge is 0.267 e. The monoisotopic (exact) mass is 856 g/mol. The molecule has 15 heteroatoms. The highest BCUT2D eigenvalue weighted by Gasteiger charge is 2.43. The third kappa shape index (κ3) is 11.4. The normalized spacial score (nSPS) is 17.4. The average molecular weight is 857 g/mol. The molecule has 0 unspecified atom stereocenters. The molecule has 0 saturated carbocycles. The molecule has 2 saturated heterocycles. The molecule has 2 aliphatic rings. The van der Waals surface area contributed by atoms with E-state index in [1.54, 1.807) is 56.6 Å². The van der Waals surface area contributed by atoms with Crippen molar-refractivity contribution in [3.05, 3.63) is 105 Å². The van der Waals surface area contributed by atoms with Gasteiger partial charge >= 0.3 is 0 Å². The fourth-order valence-corrected chi connectivity index (χ4v) is 6.69. The van der Waals surface area contributed by atoms with E-state index in [-0.39, 0.29) is 31.1 Å². The number of nitrogens with two attached hydrogens (primary N) is 2. The number of halogens is 1. The van der Waals surface area contributed by atoms with Gasteiger partial charge in [-0.2, -0.15) is 10.5 Å². The van der Waals surface area contributed by atoms with E-state index in [0.717, 1.165) is 36.0 Å². The van der Waals surface area contributed by atoms with Crippen molar-refractivity contribution in [3.63, 3.8) is 0 Å². The first-order valence-electron chi connectivity index (χ1n) is 19.3. The van der Waals surface area contributed by atoms with Gasteiger partial charge in [0, 0.05) is 56.7 Å². The summed E-state index contributed by atoms with van der Waals surface area (Å²) in [4.78, 5) is 58.1. The number of likely N-dealkylation sites (tertiary alicyclic amines) is 2. The third-order valence-corrected chi connectivity index (χ3v) is 10.3. The van der Waals surface area contributed by atoms with Crippen molar-refractivity contribution in [2.24, 2.45) is 11.5 Å². The largest absolute Gasteiger partial charge is 0.369 e. The zero-order chi connectivity index (χ0) is 45.1. The zero-order valence-electron chi connectivity index (χ0n) is 34.3. The van der Waals surface area contributed by atoms with Crippen molar-refractivity contribution in [1.82, 2.24) is 19.8 Å². The van der Waals surface area contributed by atoms with E-state index < -0.39 is 28.9 Å². The molecule has 2 aromatic heterocycles. The standard InChI is InChI=1S/C23H22N4O3.C16H14ClN3O.C7H9NO2.CH4/c1-3-4-15-7-8-19(26-20(15)21(25)28)17-5-6-18(14-24)16(13-17)9-10-23(30)11-12-27(2)22(23)29;1-2-3-10-6-7-14(20-15(10)16(19)21)11-4-5-12(9-18)13(17)8-11;1-3-7(10)4-5-8(2)6(7)9;/h5-8,13,30H,3-4,11-12H2,1-2H3,(H2,25,28);4-8H,2-3H2,1H3,(H2,19,21);1,10H,4-5H2,2H3;1H4/t23-;;7-;/m0.0./s1. The van der Waals surface area contributed by atoms with Crippen LogP contribution in [-0.4, -0.2) is 92.0 Å². The van der Waals surface area contributed by atoms with E-state index in [4.69, 9.17) is 34.8 Å². The number of pyridine rings is 2. The van der Waals surface area contributed by atoms with Gasteiger partial charge < -0.3 is 31.5 Å². The van der Waals surface area contributed by atoms with Crippen LogP contribution in [0, 0.1) is 46.8 Å². The number of rotatable bonds is 8. The van der Waals surface area contributed by atoms with Crippen LogP contribution in [0.15, 0.2) is 60.7 Å². The van der Waals surface area contributed by atoms with Crippen LogP contribution in [0.5, 0.6) is 0 Å². The zero-order valence-corrected chi connectivity index (χ0v) is 35.0. The number of primary amides is 2. The Kier molecular flexibility index (Phi) is 17.1. The molecule has 4 amide bonds. The van der Waals surface area contributed by atoms with Crippen molar-refractivity contribution in [1.29, 1.82) is 10.5 Å². The summed E-state index contributed by atoms with van der Waals surface area (Å²) in [5, 5.41) is 38.5. The number of carbonyl (C=O) groups excluding carboxylic acids is 4. The van der Waals surface area contributed by atoms with Crippen molar-refractivity contribution in [2.75, 3.05) is 27.2 Å². The van der Waals surface area contributed by atoms with Crippen LogP contribution < -0.4 is 11.5 Å².